The molecule has 0 aliphatic carbocycles. The summed E-state index contributed by atoms with van der Waals surface area (Å²) in [6, 6.07) is 17.5. The van der Waals surface area contributed by atoms with Gasteiger partial charge in [0.1, 0.15) is 17.2 Å². The molecule has 0 radical (unpaired) electrons. The van der Waals surface area contributed by atoms with Gasteiger partial charge >= 0.3 is 0 Å². The average molecular weight is 456 g/mol. The van der Waals surface area contributed by atoms with Crippen molar-refractivity contribution >= 4 is 17.2 Å². The summed E-state index contributed by atoms with van der Waals surface area (Å²) in [5.41, 5.74) is 0.764. The molecule has 1 N–H and O–H groups in total. The summed E-state index contributed by atoms with van der Waals surface area (Å²) in [5, 5.41) is 4.86. The first kappa shape index (κ1) is 22.6. The Labute approximate surface area is 191 Å². The van der Waals surface area contributed by atoms with E-state index >= 15 is 0 Å². The van der Waals surface area contributed by atoms with Crippen LogP contribution in [0.15, 0.2) is 66.0 Å². The van der Waals surface area contributed by atoms with Gasteiger partial charge in [0.25, 0.3) is 5.91 Å². The van der Waals surface area contributed by atoms with E-state index < -0.39 is 23.1 Å². The van der Waals surface area contributed by atoms with Crippen LogP contribution in [0.1, 0.15) is 33.8 Å². The van der Waals surface area contributed by atoms with Gasteiger partial charge in [0.2, 0.25) is 0 Å². The van der Waals surface area contributed by atoms with Gasteiger partial charge in [0.15, 0.2) is 0 Å². The van der Waals surface area contributed by atoms with Crippen LogP contribution in [0.5, 0.6) is 0 Å². The van der Waals surface area contributed by atoms with Crippen molar-refractivity contribution in [2.45, 2.75) is 25.6 Å². The standard InChI is InChI=1S/C25H27F2N3OS/c1-18(28-25(31)23-20(26)9-5-10-21(23)27)24(22-11-6-16-32-22)30-14-12-29(13-15-30)17-19-7-3-2-4-8-19/h2-11,16,18,24H,12-15,17H2,1H3,(H,28,31)/t18-,24-/m1/s1. The third-order valence-electron chi connectivity index (χ3n) is 5.91. The quantitative estimate of drug-likeness (QED) is 0.561. The van der Waals surface area contributed by atoms with Crippen molar-refractivity contribution in [2.75, 3.05) is 26.2 Å². The first-order chi connectivity index (χ1) is 15.5. The Kier molecular flexibility index (Phi) is 7.29. The highest BCUT2D eigenvalue weighted by molar-refractivity contribution is 7.10. The van der Waals surface area contributed by atoms with E-state index in [2.05, 4.69) is 45.4 Å². The number of halogens is 2. The summed E-state index contributed by atoms with van der Waals surface area (Å²) in [6.07, 6.45) is 0. The van der Waals surface area contributed by atoms with Crippen LogP contribution in [0.4, 0.5) is 8.78 Å². The summed E-state index contributed by atoms with van der Waals surface area (Å²) in [7, 11) is 0. The Bertz CT molecular complexity index is 1000. The van der Waals surface area contributed by atoms with Crippen LogP contribution in [-0.4, -0.2) is 47.9 Å². The fraction of sp³-hybridized carbons (Fsp3) is 0.320. The maximum atomic E-state index is 14.1. The van der Waals surface area contributed by atoms with Gasteiger partial charge in [-0.1, -0.05) is 42.5 Å². The number of nitrogens with one attached hydrogen (secondary N) is 1. The Morgan fingerprint density at radius 1 is 0.969 bits per heavy atom. The van der Waals surface area contributed by atoms with E-state index in [9.17, 15) is 13.6 Å². The molecule has 7 heteroatoms. The molecule has 1 saturated heterocycles. The number of rotatable bonds is 7. The van der Waals surface area contributed by atoms with E-state index in [4.69, 9.17) is 0 Å². The van der Waals surface area contributed by atoms with Crippen molar-refractivity contribution < 1.29 is 13.6 Å². The molecule has 4 rings (SSSR count). The molecule has 0 saturated carbocycles. The minimum atomic E-state index is -0.850. The number of piperazine rings is 1. The van der Waals surface area contributed by atoms with Crippen molar-refractivity contribution in [3.05, 3.63) is 93.7 Å². The molecule has 1 aliphatic heterocycles. The lowest BCUT2D eigenvalue weighted by Crippen LogP contribution is -2.52. The lowest BCUT2D eigenvalue weighted by Gasteiger charge is -2.41. The Balaban J connectivity index is 1.44. The number of carbonyl (C=O) groups excluding carboxylic acids is 1. The zero-order chi connectivity index (χ0) is 22.5. The average Bonchev–Trinajstić information content (AvgIpc) is 3.30. The molecule has 32 heavy (non-hydrogen) atoms. The molecule has 4 nitrogen and oxygen atoms in total. The van der Waals surface area contributed by atoms with Crippen LogP contribution >= 0.6 is 11.3 Å². The number of carbonyl (C=O) groups is 1. The summed E-state index contributed by atoms with van der Waals surface area (Å²) < 4.78 is 28.2. The van der Waals surface area contributed by atoms with Crippen LogP contribution < -0.4 is 5.32 Å². The van der Waals surface area contributed by atoms with Gasteiger partial charge in [0, 0.05) is 43.6 Å². The molecule has 1 amide bonds. The van der Waals surface area contributed by atoms with Gasteiger partial charge in [0.05, 0.1) is 6.04 Å². The van der Waals surface area contributed by atoms with Crippen molar-refractivity contribution in [1.29, 1.82) is 0 Å². The highest BCUT2D eigenvalue weighted by Crippen LogP contribution is 2.30. The van der Waals surface area contributed by atoms with Gasteiger partial charge < -0.3 is 5.32 Å². The monoisotopic (exact) mass is 455 g/mol. The van der Waals surface area contributed by atoms with Crippen LogP contribution in [-0.2, 0) is 6.54 Å². The number of hydrogen-bond donors (Lipinski definition) is 1. The summed E-state index contributed by atoms with van der Waals surface area (Å²) >= 11 is 1.63. The number of nitrogens with zero attached hydrogens (tertiary/aromatic N) is 2. The molecule has 2 atom stereocenters. The topological polar surface area (TPSA) is 35.6 Å². The van der Waals surface area contributed by atoms with Gasteiger partial charge in [-0.15, -0.1) is 11.3 Å². The predicted molar refractivity (Wildman–Crippen MR) is 124 cm³/mol. The molecule has 0 spiro atoms. The molecular formula is C25H27F2N3OS. The number of thiophene rings is 1. The maximum absolute atomic E-state index is 14.1. The molecule has 2 heterocycles. The summed E-state index contributed by atoms with van der Waals surface area (Å²) in [4.78, 5) is 18.6. The van der Waals surface area contributed by atoms with E-state index in [-0.39, 0.29) is 12.1 Å². The Morgan fingerprint density at radius 3 is 2.28 bits per heavy atom. The van der Waals surface area contributed by atoms with E-state index in [0.717, 1.165) is 49.7 Å². The third kappa shape index (κ3) is 5.23. The van der Waals surface area contributed by atoms with E-state index in [1.165, 1.54) is 11.6 Å². The van der Waals surface area contributed by atoms with E-state index in [1.54, 1.807) is 11.3 Å². The first-order valence-electron chi connectivity index (χ1n) is 10.8. The van der Waals surface area contributed by atoms with Crippen LogP contribution in [0, 0.1) is 11.6 Å². The molecule has 3 aromatic rings. The molecule has 168 valence electrons. The minimum Gasteiger partial charge on any atom is -0.347 e. The SMILES string of the molecule is C[C@@H](NC(=O)c1c(F)cccc1F)[C@H](c1cccs1)N1CCN(Cc2ccccc2)CC1. The second kappa shape index (κ2) is 10.3. The Morgan fingerprint density at radius 2 is 1.66 bits per heavy atom. The molecule has 2 aromatic carbocycles. The zero-order valence-electron chi connectivity index (χ0n) is 18.0. The predicted octanol–water partition coefficient (Wildman–Crippen LogP) is 4.70. The number of hydrogen-bond acceptors (Lipinski definition) is 4. The molecule has 0 unspecified atom stereocenters. The largest absolute Gasteiger partial charge is 0.347 e. The lowest BCUT2D eigenvalue weighted by molar-refractivity contribution is 0.0711. The normalized spacial score (nSPS) is 17.1. The van der Waals surface area contributed by atoms with Gasteiger partial charge in [-0.25, -0.2) is 8.78 Å². The lowest BCUT2D eigenvalue weighted by atomic mass is 10.0. The Hall–Kier alpha value is -2.61. The number of benzene rings is 2. The minimum absolute atomic E-state index is 0.0624. The second-order valence-corrected chi connectivity index (χ2v) is 9.10. The van der Waals surface area contributed by atoms with Crippen LogP contribution in [0.3, 0.4) is 0 Å². The zero-order valence-corrected chi connectivity index (χ0v) is 18.8. The van der Waals surface area contributed by atoms with Gasteiger partial charge in [-0.3, -0.25) is 14.6 Å². The number of amides is 1. The van der Waals surface area contributed by atoms with Crippen molar-refractivity contribution in [1.82, 2.24) is 15.1 Å². The molecule has 1 fully saturated rings. The highest BCUT2D eigenvalue weighted by Gasteiger charge is 2.31. The third-order valence-corrected chi connectivity index (χ3v) is 6.85. The van der Waals surface area contributed by atoms with Crippen LogP contribution in [0.25, 0.3) is 0 Å². The summed E-state index contributed by atoms with van der Waals surface area (Å²) in [6.45, 7) is 6.35. The highest BCUT2D eigenvalue weighted by atomic mass is 32.1. The fourth-order valence-corrected chi connectivity index (χ4v) is 5.28. The molecular weight excluding hydrogens is 428 g/mol. The van der Waals surface area contributed by atoms with E-state index in [0.29, 0.717) is 0 Å². The summed E-state index contributed by atoms with van der Waals surface area (Å²) in [5.74, 6) is -2.42. The molecule has 0 bridgehead atoms. The van der Waals surface area contributed by atoms with Crippen molar-refractivity contribution in [3.63, 3.8) is 0 Å². The second-order valence-electron chi connectivity index (χ2n) is 8.12. The van der Waals surface area contributed by atoms with Crippen LogP contribution in [0.2, 0.25) is 0 Å². The van der Waals surface area contributed by atoms with Crippen molar-refractivity contribution in [2.24, 2.45) is 0 Å². The first-order valence-corrected chi connectivity index (χ1v) is 11.7. The maximum Gasteiger partial charge on any atom is 0.257 e. The van der Waals surface area contributed by atoms with Gasteiger partial charge in [-0.2, -0.15) is 0 Å². The van der Waals surface area contributed by atoms with Gasteiger partial charge in [-0.05, 0) is 36.1 Å². The molecule has 1 aliphatic rings. The molecule has 1 aromatic heterocycles. The van der Waals surface area contributed by atoms with E-state index in [1.807, 2.05) is 24.4 Å². The fourth-order valence-electron chi connectivity index (χ4n) is 4.32. The van der Waals surface area contributed by atoms with Crippen molar-refractivity contribution in [3.8, 4) is 0 Å². The smallest absolute Gasteiger partial charge is 0.257 e.